The van der Waals surface area contributed by atoms with Gasteiger partial charge in [-0.2, -0.15) is 0 Å². The van der Waals surface area contributed by atoms with Gasteiger partial charge in [0.2, 0.25) is 5.91 Å². The molecular weight excluding hydrogens is 400 g/mol. The van der Waals surface area contributed by atoms with Crippen molar-refractivity contribution in [2.75, 3.05) is 26.2 Å². The normalized spacial score (nSPS) is 14.7. The first-order chi connectivity index (χ1) is 15.0. The third-order valence-corrected chi connectivity index (χ3v) is 5.61. The summed E-state index contributed by atoms with van der Waals surface area (Å²) in [5.74, 6) is -0.727. The molecule has 0 radical (unpaired) electrons. The Balaban J connectivity index is 1.49. The van der Waals surface area contributed by atoms with Crippen molar-refractivity contribution in [1.82, 2.24) is 14.4 Å². The minimum absolute atomic E-state index is 0.0129. The van der Waals surface area contributed by atoms with Gasteiger partial charge in [0, 0.05) is 38.4 Å². The van der Waals surface area contributed by atoms with Crippen molar-refractivity contribution in [3.05, 3.63) is 106 Å². The predicted molar refractivity (Wildman–Crippen MR) is 113 cm³/mol. The molecule has 31 heavy (non-hydrogen) atoms. The molecule has 0 saturated carbocycles. The Morgan fingerprint density at radius 3 is 1.87 bits per heavy atom. The minimum Gasteiger partial charge on any atom is -0.339 e. The number of carbonyl (C=O) groups excluding carboxylic acids is 1. The molecule has 4 rings (SSSR count). The van der Waals surface area contributed by atoms with Gasteiger partial charge in [-0.05, 0) is 41.5 Å². The van der Waals surface area contributed by atoms with Gasteiger partial charge in [-0.3, -0.25) is 14.5 Å². The number of aromatic nitrogens is 1. The van der Waals surface area contributed by atoms with Gasteiger partial charge >= 0.3 is 0 Å². The molecule has 1 saturated heterocycles. The summed E-state index contributed by atoms with van der Waals surface area (Å²) < 4.78 is 28.3. The van der Waals surface area contributed by atoms with E-state index >= 15 is 0 Å². The number of rotatable bonds is 5. The molecule has 1 aromatic heterocycles. The average molecular weight is 423 g/mol. The highest BCUT2D eigenvalue weighted by molar-refractivity contribution is 5.76. The van der Waals surface area contributed by atoms with Crippen LogP contribution in [0.1, 0.15) is 17.2 Å². The smallest absolute Gasteiger partial charge is 0.250 e. The van der Waals surface area contributed by atoms with Crippen LogP contribution >= 0.6 is 0 Å². The lowest BCUT2D eigenvalue weighted by Gasteiger charge is -2.40. The van der Waals surface area contributed by atoms with Crippen LogP contribution in [-0.4, -0.2) is 46.5 Å². The molecule has 3 aromatic rings. The maximum Gasteiger partial charge on any atom is 0.250 e. The number of hydrogen-bond acceptors (Lipinski definition) is 3. The van der Waals surface area contributed by atoms with E-state index in [4.69, 9.17) is 0 Å². The summed E-state index contributed by atoms with van der Waals surface area (Å²) in [5.41, 5.74) is 1.61. The molecule has 1 aliphatic heterocycles. The van der Waals surface area contributed by atoms with Crippen LogP contribution in [0.3, 0.4) is 0 Å². The zero-order valence-electron chi connectivity index (χ0n) is 17.0. The molecule has 2 aromatic carbocycles. The molecule has 0 bridgehead atoms. The largest absolute Gasteiger partial charge is 0.339 e. The second-order valence-corrected chi connectivity index (χ2v) is 7.59. The number of benzene rings is 2. The van der Waals surface area contributed by atoms with Crippen LogP contribution in [-0.2, 0) is 11.3 Å². The van der Waals surface area contributed by atoms with Crippen molar-refractivity contribution in [2.45, 2.75) is 12.6 Å². The summed E-state index contributed by atoms with van der Waals surface area (Å²) in [5, 5.41) is 0. The van der Waals surface area contributed by atoms with Crippen molar-refractivity contribution in [2.24, 2.45) is 0 Å². The maximum absolute atomic E-state index is 13.5. The van der Waals surface area contributed by atoms with E-state index in [9.17, 15) is 18.4 Å². The van der Waals surface area contributed by atoms with Crippen LogP contribution in [0.2, 0.25) is 0 Å². The first-order valence-electron chi connectivity index (χ1n) is 10.2. The summed E-state index contributed by atoms with van der Waals surface area (Å²) in [6.45, 7) is 2.25. The van der Waals surface area contributed by atoms with Gasteiger partial charge in [0.15, 0.2) is 0 Å². The Kier molecular flexibility index (Phi) is 6.23. The lowest BCUT2D eigenvalue weighted by molar-refractivity contribution is -0.133. The topological polar surface area (TPSA) is 45.6 Å². The molecule has 1 amide bonds. The van der Waals surface area contributed by atoms with E-state index < -0.39 is 0 Å². The van der Waals surface area contributed by atoms with E-state index in [1.54, 1.807) is 47.5 Å². The SMILES string of the molecule is O=C(Cn1ccccc1=O)N1CCN(C(c2ccc(F)cc2)c2ccc(F)cc2)CC1. The molecule has 5 nitrogen and oxygen atoms in total. The standard InChI is InChI=1S/C24H23F2N3O2/c25-20-8-4-18(5-9-20)24(19-6-10-21(26)11-7-19)28-15-13-27(14-16-28)23(31)17-29-12-2-1-3-22(29)30/h1-12,24H,13-17H2. The van der Waals surface area contributed by atoms with E-state index in [0.717, 1.165) is 11.1 Å². The Bertz CT molecular complexity index is 1040. The number of amides is 1. The minimum atomic E-state index is -0.312. The van der Waals surface area contributed by atoms with Crippen LogP contribution in [0.25, 0.3) is 0 Å². The third kappa shape index (κ3) is 4.88. The van der Waals surface area contributed by atoms with Crippen molar-refractivity contribution in [3.63, 3.8) is 0 Å². The van der Waals surface area contributed by atoms with Gasteiger partial charge in [0.25, 0.3) is 5.56 Å². The van der Waals surface area contributed by atoms with E-state index in [1.807, 2.05) is 0 Å². The number of nitrogens with zero attached hydrogens (tertiary/aromatic N) is 3. The van der Waals surface area contributed by atoms with Crippen molar-refractivity contribution in [3.8, 4) is 0 Å². The Hall–Kier alpha value is -3.32. The summed E-state index contributed by atoms with van der Waals surface area (Å²) >= 11 is 0. The molecule has 1 fully saturated rings. The highest BCUT2D eigenvalue weighted by atomic mass is 19.1. The number of pyridine rings is 1. The Labute approximate surface area is 179 Å². The van der Waals surface area contributed by atoms with Gasteiger partial charge in [0.05, 0.1) is 6.04 Å². The first-order valence-corrected chi connectivity index (χ1v) is 10.2. The maximum atomic E-state index is 13.5. The van der Waals surface area contributed by atoms with Crippen molar-refractivity contribution < 1.29 is 13.6 Å². The predicted octanol–water partition coefficient (Wildman–Crippen LogP) is 3.06. The van der Waals surface area contributed by atoms with E-state index in [1.165, 1.54) is 34.9 Å². The lowest BCUT2D eigenvalue weighted by Crippen LogP contribution is -2.51. The van der Waals surface area contributed by atoms with E-state index in [-0.39, 0.29) is 35.7 Å². The van der Waals surface area contributed by atoms with E-state index in [2.05, 4.69) is 4.90 Å². The van der Waals surface area contributed by atoms with Gasteiger partial charge < -0.3 is 9.47 Å². The molecule has 0 unspecified atom stereocenters. The first kappa shape index (κ1) is 20.9. The Morgan fingerprint density at radius 2 is 1.35 bits per heavy atom. The monoisotopic (exact) mass is 423 g/mol. The van der Waals surface area contributed by atoms with Crippen LogP contribution in [0.5, 0.6) is 0 Å². The molecule has 1 aliphatic rings. The van der Waals surface area contributed by atoms with Gasteiger partial charge in [0.1, 0.15) is 18.2 Å². The second kappa shape index (κ2) is 9.22. The molecule has 7 heteroatoms. The molecule has 0 aliphatic carbocycles. The molecular formula is C24H23F2N3O2. The van der Waals surface area contributed by atoms with Crippen molar-refractivity contribution >= 4 is 5.91 Å². The van der Waals surface area contributed by atoms with Crippen LogP contribution in [0.4, 0.5) is 8.78 Å². The van der Waals surface area contributed by atoms with Crippen LogP contribution < -0.4 is 5.56 Å². The zero-order valence-corrected chi connectivity index (χ0v) is 17.0. The molecule has 0 spiro atoms. The number of carbonyl (C=O) groups is 1. The summed E-state index contributed by atoms with van der Waals surface area (Å²) in [6.07, 6.45) is 1.61. The Morgan fingerprint density at radius 1 is 0.806 bits per heavy atom. The quantitative estimate of drug-likeness (QED) is 0.634. The molecule has 0 N–H and O–H groups in total. The van der Waals surface area contributed by atoms with Gasteiger partial charge in [-0.25, -0.2) is 8.78 Å². The fourth-order valence-electron chi connectivity index (χ4n) is 3.97. The fraction of sp³-hybridized carbons (Fsp3) is 0.250. The third-order valence-electron chi connectivity index (χ3n) is 5.61. The van der Waals surface area contributed by atoms with Crippen LogP contribution in [0, 0.1) is 11.6 Å². The summed E-state index contributed by atoms with van der Waals surface area (Å²) in [7, 11) is 0. The zero-order chi connectivity index (χ0) is 21.8. The van der Waals surface area contributed by atoms with Gasteiger partial charge in [-0.1, -0.05) is 30.3 Å². The lowest BCUT2D eigenvalue weighted by atomic mass is 9.96. The van der Waals surface area contributed by atoms with E-state index in [0.29, 0.717) is 26.2 Å². The fourth-order valence-corrected chi connectivity index (χ4v) is 3.97. The number of piperazine rings is 1. The van der Waals surface area contributed by atoms with Crippen molar-refractivity contribution in [1.29, 1.82) is 0 Å². The van der Waals surface area contributed by atoms with Gasteiger partial charge in [-0.15, -0.1) is 0 Å². The number of hydrogen-bond donors (Lipinski definition) is 0. The average Bonchev–Trinajstić information content (AvgIpc) is 2.78. The molecule has 160 valence electrons. The van der Waals surface area contributed by atoms with Crippen LogP contribution in [0.15, 0.2) is 77.7 Å². The second-order valence-electron chi connectivity index (χ2n) is 7.59. The highest BCUT2D eigenvalue weighted by Gasteiger charge is 2.28. The number of halogens is 2. The highest BCUT2D eigenvalue weighted by Crippen LogP contribution is 2.30. The molecule has 0 atom stereocenters. The summed E-state index contributed by atoms with van der Waals surface area (Å²) in [6, 6.07) is 17.3. The molecule has 2 heterocycles. The summed E-state index contributed by atoms with van der Waals surface area (Å²) in [4.78, 5) is 28.5.